The minimum absolute atomic E-state index is 0.603. The van der Waals surface area contributed by atoms with E-state index in [9.17, 15) is 0 Å². The molecule has 0 radical (unpaired) electrons. The van der Waals surface area contributed by atoms with Crippen LogP contribution in [0, 0.1) is 6.92 Å². The van der Waals surface area contributed by atoms with E-state index in [4.69, 9.17) is 14.2 Å². The zero-order chi connectivity index (χ0) is 22.5. The Morgan fingerprint density at radius 2 is 1.47 bits per heavy atom. The van der Waals surface area contributed by atoms with Crippen LogP contribution in [0.2, 0.25) is 0 Å². The van der Waals surface area contributed by atoms with Crippen molar-refractivity contribution in [2.24, 2.45) is 0 Å². The smallest absolute Gasteiger partial charge is 0.203 e. The van der Waals surface area contributed by atoms with Crippen molar-refractivity contribution in [2.75, 3.05) is 21.3 Å². The number of aryl methyl sites for hydroxylation is 1. The second-order valence-electron chi connectivity index (χ2n) is 7.81. The first kappa shape index (κ1) is 21.7. The number of methoxy groups -OCH3 is 3. The quantitative estimate of drug-likeness (QED) is 0.400. The van der Waals surface area contributed by atoms with Crippen LogP contribution >= 0.6 is 0 Å². The summed E-state index contributed by atoms with van der Waals surface area (Å²) >= 11 is 0. The van der Waals surface area contributed by atoms with Gasteiger partial charge in [0, 0.05) is 48.6 Å². The SMILES string of the molecule is COc1cc(CN(Cc2ccncc2)Cc2[nH]c3ccccc3c2C)cc(OC)c1OC. The lowest BCUT2D eigenvalue weighted by molar-refractivity contribution is 0.243. The van der Waals surface area contributed by atoms with Crippen molar-refractivity contribution in [3.63, 3.8) is 0 Å². The topological polar surface area (TPSA) is 59.6 Å². The molecule has 166 valence electrons. The minimum atomic E-state index is 0.603. The van der Waals surface area contributed by atoms with Gasteiger partial charge < -0.3 is 19.2 Å². The number of H-pyrrole nitrogens is 1. The molecule has 6 heteroatoms. The Kier molecular flexibility index (Phi) is 6.61. The van der Waals surface area contributed by atoms with Crippen LogP contribution in [0.4, 0.5) is 0 Å². The van der Waals surface area contributed by atoms with Gasteiger partial charge in [0.2, 0.25) is 5.75 Å². The third-order valence-corrected chi connectivity index (χ3v) is 5.74. The molecular formula is C26H29N3O3. The average Bonchev–Trinajstić information content (AvgIpc) is 3.14. The van der Waals surface area contributed by atoms with Gasteiger partial charge in [-0.05, 0) is 53.9 Å². The first-order valence-corrected chi connectivity index (χ1v) is 10.6. The van der Waals surface area contributed by atoms with Crippen LogP contribution in [0.1, 0.15) is 22.4 Å². The normalized spacial score (nSPS) is 11.2. The Labute approximate surface area is 188 Å². The summed E-state index contributed by atoms with van der Waals surface area (Å²) in [6.07, 6.45) is 3.67. The van der Waals surface area contributed by atoms with Gasteiger partial charge in [0.15, 0.2) is 11.5 Å². The third kappa shape index (κ3) is 4.55. The molecule has 0 saturated carbocycles. The average molecular weight is 432 g/mol. The molecule has 2 aromatic carbocycles. The Hall–Kier alpha value is -3.51. The van der Waals surface area contributed by atoms with E-state index in [1.807, 2.05) is 24.5 Å². The van der Waals surface area contributed by atoms with Gasteiger partial charge in [-0.3, -0.25) is 9.88 Å². The van der Waals surface area contributed by atoms with E-state index in [0.29, 0.717) is 23.8 Å². The molecule has 0 amide bonds. The Bertz CT molecular complexity index is 1160. The molecule has 6 nitrogen and oxygen atoms in total. The number of rotatable bonds is 9. The molecule has 0 saturated heterocycles. The van der Waals surface area contributed by atoms with Crippen LogP contribution in [0.25, 0.3) is 10.9 Å². The molecule has 0 fully saturated rings. The maximum Gasteiger partial charge on any atom is 0.203 e. The third-order valence-electron chi connectivity index (χ3n) is 5.74. The molecule has 0 unspecified atom stereocenters. The van der Waals surface area contributed by atoms with Gasteiger partial charge in [0.25, 0.3) is 0 Å². The molecule has 0 atom stereocenters. The number of fused-ring (bicyclic) bond motifs is 1. The largest absolute Gasteiger partial charge is 0.493 e. The van der Waals surface area contributed by atoms with E-state index in [1.54, 1.807) is 21.3 Å². The summed E-state index contributed by atoms with van der Waals surface area (Å²) in [7, 11) is 4.90. The first-order valence-electron chi connectivity index (χ1n) is 10.6. The number of nitrogens with zero attached hydrogens (tertiary/aromatic N) is 2. The zero-order valence-electron chi connectivity index (χ0n) is 19.0. The van der Waals surface area contributed by atoms with Crippen LogP contribution < -0.4 is 14.2 Å². The van der Waals surface area contributed by atoms with E-state index in [0.717, 1.165) is 24.2 Å². The number of aromatic amines is 1. The lowest BCUT2D eigenvalue weighted by atomic mass is 10.1. The number of benzene rings is 2. The highest BCUT2D eigenvalue weighted by Gasteiger charge is 2.17. The minimum Gasteiger partial charge on any atom is -0.493 e. The lowest BCUT2D eigenvalue weighted by Crippen LogP contribution is -2.23. The van der Waals surface area contributed by atoms with Gasteiger partial charge in [-0.1, -0.05) is 18.2 Å². The number of aromatic nitrogens is 2. The van der Waals surface area contributed by atoms with E-state index in [2.05, 4.69) is 58.2 Å². The number of pyridine rings is 1. The number of ether oxygens (including phenoxy) is 3. The van der Waals surface area contributed by atoms with E-state index < -0.39 is 0 Å². The number of hydrogen-bond acceptors (Lipinski definition) is 5. The van der Waals surface area contributed by atoms with Crippen molar-refractivity contribution >= 4 is 10.9 Å². The van der Waals surface area contributed by atoms with Gasteiger partial charge in [-0.2, -0.15) is 0 Å². The van der Waals surface area contributed by atoms with Crippen molar-refractivity contribution in [2.45, 2.75) is 26.6 Å². The predicted octanol–water partition coefficient (Wildman–Crippen LogP) is 5.10. The van der Waals surface area contributed by atoms with E-state index in [1.165, 1.54) is 22.2 Å². The molecule has 4 aromatic rings. The summed E-state index contributed by atoms with van der Waals surface area (Å²) < 4.78 is 16.6. The van der Waals surface area contributed by atoms with Crippen molar-refractivity contribution in [3.05, 3.63) is 83.3 Å². The summed E-state index contributed by atoms with van der Waals surface area (Å²) in [4.78, 5) is 10.2. The first-order chi connectivity index (χ1) is 15.6. The van der Waals surface area contributed by atoms with E-state index >= 15 is 0 Å². The van der Waals surface area contributed by atoms with Gasteiger partial charge >= 0.3 is 0 Å². The lowest BCUT2D eigenvalue weighted by Gasteiger charge is -2.23. The Morgan fingerprint density at radius 3 is 2.09 bits per heavy atom. The zero-order valence-corrected chi connectivity index (χ0v) is 19.0. The van der Waals surface area contributed by atoms with Gasteiger partial charge in [0.1, 0.15) is 0 Å². The number of para-hydroxylation sites is 1. The monoisotopic (exact) mass is 431 g/mol. The molecular weight excluding hydrogens is 402 g/mol. The van der Waals surface area contributed by atoms with Crippen molar-refractivity contribution < 1.29 is 14.2 Å². The molecule has 0 spiro atoms. The molecule has 0 aliphatic carbocycles. The van der Waals surface area contributed by atoms with Crippen molar-refractivity contribution in [3.8, 4) is 17.2 Å². The molecule has 32 heavy (non-hydrogen) atoms. The van der Waals surface area contributed by atoms with Crippen LogP contribution in [0.15, 0.2) is 60.9 Å². The summed E-state index contributed by atoms with van der Waals surface area (Å²) in [6.45, 7) is 4.46. The molecule has 2 aromatic heterocycles. The van der Waals surface area contributed by atoms with Crippen LogP contribution in [0.5, 0.6) is 17.2 Å². The molecule has 0 bridgehead atoms. The fourth-order valence-corrected chi connectivity index (χ4v) is 4.12. The number of nitrogens with one attached hydrogen (secondary N) is 1. The van der Waals surface area contributed by atoms with Crippen LogP contribution in [0.3, 0.4) is 0 Å². The van der Waals surface area contributed by atoms with Gasteiger partial charge in [0.05, 0.1) is 21.3 Å². The number of hydrogen-bond donors (Lipinski definition) is 1. The molecule has 4 rings (SSSR count). The maximum absolute atomic E-state index is 5.56. The highest BCUT2D eigenvalue weighted by atomic mass is 16.5. The highest BCUT2D eigenvalue weighted by molar-refractivity contribution is 5.84. The molecule has 0 aliphatic heterocycles. The summed E-state index contributed by atoms with van der Waals surface area (Å²) in [5.41, 5.74) is 5.96. The summed E-state index contributed by atoms with van der Waals surface area (Å²) in [6, 6.07) is 16.6. The molecule has 1 N–H and O–H groups in total. The van der Waals surface area contributed by atoms with Crippen molar-refractivity contribution in [1.82, 2.24) is 14.9 Å². The van der Waals surface area contributed by atoms with Crippen molar-refractivity contribution in [1.29, 1.82) is 0 Å². The Balaban J connectivity index is 1.67. The maximum atomic E-state index is 5.56. The second kappa shape index (κ2) is 9.75. The standard InChI is InChI=1S/C26H29N3O3/c1-18-21-7-5-6-8-22(21)28-23(18)17-29(15-19-9-11-27-12-10-19)16-20-13-24(30-2)26(32-4)25(14-20)31-3/h5-14,28H,15-17H2,1-4H3. The van der Waals surface area contributed by atoms with Gasteiger partial charge in [-0.15, -0.1) is 0 Å². The Morgan fingerprint density at radius 1 is 0.812 bits per heavy atom. The highest BCUT2D eigenvalue weighted by Crippen LogP contribution is 2.38. The summed E-state index contributed by atoms with van der Waals surface area (Å²) in [5, 5.41) is 1.26. The van der Waals surface area contributed by atoms with Crippen LogP contribution in [-0.2, 0) is 19.6 Å². The van der Waals surface area contributed by atoms with E-state index in [-0.39, 0.29) is 0 Å². The fraction of sp³-hybridized carbons (Fsp3) is 0.269. The molecule has 0 aliphatic rings. The summed E-state index contributed by atoms with van der Waals surface area (Å²) in [5.74, 6) is 1.92. The fourth-order valence-electron chi connectivity index (χ4n) is 4.12. The van der Waals surface area contributed by atoms with Crippen LogP contribution in [-0.4, -0.2) is 36.2 Å². The van der Waals surface area contributed by atoms with Gasteiger partial charge in [-0.25, -0.2) is 0 Å². The second-order valence-corrected chi connectivity index (χ2v) is 7.81. The molecule has 2 heterocycles. The predicted molar refractivity (Wildman–Crippen MR) is 126 cm³/mol.